The van der Waals surface area contributed by atoms with Crippen LogP contribution in [0.2, 0.25) is 0 Å². The van der Waals surface area contributed by atoms with Gasteiger partial charge in [-0.15, -0.1) is 0 Å². The number of nitrogens with one attached hydrogen (secondary N) is 1. The quantitative estimate of drug-likeness (QED) is 0.896. The van der Waals surface area contributed by atoms with Crippen LogP contribution in [0.15, 0.2) is 29.2 Å². The van der Waals surface area contributed by atoms with Gasteiger partial charge < -0.3 is 10.4 Å². The Bertz CT molecular complexity index is 543. The van der Waals surface area contributed by atoms with Crippen LogP contribution >= 0.6 is 0 Å². The SMILES string of the molecule is CC1CCC(CO)(Nc2ccc(S(C)(=O)=O)cc2)CC1. The molecular formula is C15H23NO3S. The highest BCUT2D eigenvalue weighted by molar-refractivity contribution is 7.90. The van der Waals surface area contributed by atoms with Crippen LogP contribution in [0.4, 0.5) is 5.69 Å². The molecule has 1 saturated carbocycles. The normalized spacial score (nSPS) is 27.2. The number of anilines is 1. The summed E-state index contributed by atoms with van der Waals surface area (Å²) in [6.45, 7) is 2.34. The highest BCUT2D eigenvalue weighted by Gasteiger charge is 2.33. The number of hydrogen-bond donors (Lipinski definition) is 2. The maximum absolute atomic E-state index is 11.4. The summed E-state index contributed by atoms with van der Waals surface area (Å²) in [5.41, 5.74) is 0.597. The van der Waals surface area contributed by atoms with Crippen molar-refractivity contribution in [3.63, 3.8) is 0 Å². The molecule has 0 unspecified atom stereocenters. The first-order chi connectivity index (χ1) is 9.35. The Morgan fingerprint density at radius 1 is 1.25 bits per heavy atom. The van der Waals surface area contributed by atoms with Crippen LogP contribution in [0.1, 0.15) is 32.6 Å². The maximum Gasteiger partial charge on any atom is 0.175 e. The van der Waals surface area contributed by atoms with E-state index < -0.39 is 9.84 Å². The third-order valence-corrected chi connectivity index (χ3v) is 5.35. The molecule has 1 aromatic rings. The number of sulfone groups is 1. The highest BCUT2D eigenvalue weighted by atomic mass is 32.2. The standard InChI is InChI=1S/C15H23NO3S/c1-12-7-9-15(11-17,10-8-12)16-13-3-5-14(6-4-13)20(2,18)19/h3-6,12,16-17H,7-11H2,1-2H3. The van der Waals surface area contributed by atoms with E-state index in [1.807, 2.05) is 0 Å². The predicted molar refractivity (Wildman–Crippen MR) is 80.6 cm³/mol. The Balaban J connectivity index is 2.12. The average Bonchev–Trinajstić information content (AvgIpc) is 2.41. The van der Waals surface area contributed by atoms with Gasteiger partial charge in [0.05, 0.1) is 17.0 Å². The molecular weight excluding hydrogens is 274 g/mol. The zero-order valence-electron chi connectivity index (χ0n) is 12.1. The van der Waals surface area contributed by atoms with Gasteiger partial charge in [-0.3, -0.25) is 0 Å². The molecule has 1 aliphatic rings. The van der Waals surface area contributed by atoms with Gasteiger partial charge in [-0.2, -0.15) is 0 Å². The van der Waals surface area contributed by atoms with Gasteiger partial charge in [0.1, 0.15) is 0 Å². The van der Waals surface area contributed by atoms with Crippen molar-refractivity contribution < 1.29 is 13.5 Å². The van der Waals surface area contributed by atoms with Crippen molar-refractivity contribution in [3.8, 4) is 0 Å². The summed E-state index contributed by atoms with van der Waals surface area (Å²) >= 11 is 0. The van der Waals surface area contributed by atoms with E-state index >= 15 is 0 Å². The molecule has 20 heavy (non-hydrogen) atoms. The molecule has 112 valence electrons. The van der Waals surface area contributed by atoms with Crippen LogP contribution in [0, 0.1) is 5.92 Å². The minimum atomic E-state index is -3.16. The topological polar surface area (TPSA) is 66.4 Å². The first-order valence-corrected chi connectivity index (χ1v) is 8.93. The van der Waals surface area contributed by atoms with E-state index in [1.54, 1.807) is 24.3 Å². The summed E-state index contributed by atoms with van der Waals surface area (Å²) in [7, 11) is -3.16. The van der Waals surface area contributed by atoms with E-state index in [2.05, 4.69) is 12.2 Å². The lowest BCUT2D eigenvalue weighted by Gasteiger charge is -2.39. The maximum atomic E-state index is 11.4. The highest BCUT2D eigenvalue weighted by Crippen LogP contribution is 2.34. The molecule has 0 spiro atoms. The van der Waals surface area contributed by atoms with E-state index in [1.165, 1.54) is 6.26 Å². The summed E-state index contributed by atoms with van der Waals surface area (Å²) in [6.07, 6.45) is 5.30. The van der Waals surface area contributed by atoms with Crippen LogP contribution in [0.25, 0.3) is 0 Å². The number of aliphatic hydroxyl groups is 1. The average molecular weight is 297 g/mol. The first-order valence-electron chi connectivity index (χ1n) is 7.04. The van der Waals surface area contributed by atoms with Crippen LogP contribution in [-0.4, -0.2) is 31.9 Å². The minimum absolute atomic E-state index is 0.105. The van der Waals surface area contributed by atoms with Gasteiger partial charge in [0.25, 0.3) is 0 Å². The molecule has 0 heterocycles. The van der Waals surface area contributed by atoms with Crippen molar-refractivity contribution in [1.29, 1.82) is 0 Å². The fourth-order valence-corrected chi connectivity index (χ4v) is 3.36. The van der Waals surface area contributed by atoms with E-state index in [4.69, 9.17) is 0 Å². The van der Waals surface area contributed by atoms with Crippen molar-refractivity contribution >= 4 is 15.5 Å². The lowest BCUT2D eigenvalue weighted by Crippen LogP contribution is -2.45. The molecule has 1 fully saturated rings. The molecule has 1 aromatic carbocycles. The van der Waals surface area contributed by atoms with E-state index in [9.17, 15) is 13.5 Å². The van der Waals surface area contributed by atoms with Gasteiger partial charge in [-0.1, -0.05) is 6.92 Å². The van der Waals surface area contributed by atoms with Gasteiger partial charge in [0.15, 0.2) is 9.84 Å². The molecule has 0 bridgehead atoms. The van der Waals surface area contributed by atoms with E-state index in [0.29, 0.717) is 10.8 Å². The van der Waals surface area contributed by atoms with Crippen molar-refractivity contribution in [2.24, 2.45) is 5.92 Å². The number of hydrogen-bond acceptors (Lipinski definition) is 4. The fraction of sp³-hybridized carbons (Fsp3) is 0.600. The monoisotopic (exact) mass is 297 g/mol. The largest absolute Gasteiger partial charge is 0.394 e. The second kappa shape index (κ2) is 5.74. The van der Waals surface area contributed by atoms with E-state index in [0.717, 1.165) is 31.4 Å². The number of rotatable bonds is 4. The van der Waals surface area contributed by atoms with Crippen LogP contribution in [0.3, 0.4) is 0 Å². The molecule has 4 nitrogen and oxygen atoms in total. The molecule has 0 aromatic heterocycles. The molecule has 0 amide bonds. The molecule has 0 radical (unpaired) electrons. The molecule has 0 aliphatic heterocycles. The van der Waals surface area contributed by atoms with Crippen LogP contribution in [-0.2, 0) is 9.84 Å². The van der Waals surface area contributed by atoms with Crippen molar-refractivity contribution in [3.05, 3.63) is 24.3 Å². The van der Waals surface area contributed by atoms with Gasteiger partial charge in [-0.05, 0) is 55.9 Å². The molecule has 0 saturated heterocycles. The second-order valence-corrected chi connectivity index (χ2v) is 8.06. The minimum Gasteiger partial charge on any atom is -0.394 e. The van der Waals surface area contributed by atoms with Crippen molar-refractivity contribution in [2.45, 2.75) is 43.0 Å². The first kappa shape index (κ1) is 15.3. The third kappa shape index (κ3) is 3.52. The summed E-state index contributed by atoms with van der Waals surface area (Å²) in [6, 6.07) is 6.75. The molecule has 2 N–H and O–H groups in total. The third-order valence-electron chi connectivity index (χ3n) is 4.23. The zero-order valence-corrected chi connectivity index (χ0v) is 12.9. The number of aliphatic hydroxyl groups excluding tert-OH is 1. The Hall–Kier alpha value is -1.07. The summed E-state index contributed by atoms with van der Waals surface area (Å²) in [5.74, 6) is 0.712. The smallest absolute Gasteiger partial charge is 0.175 e. The lowest BCUT2D eigenvalue weighted by molar-refractivity contribution is 0.155. The zero-order chi connectivity index (χ0) is 14.8. The van der Waals surface area contributed by atoms with E-state index in [-0.39, 0.29) is 12.1 Å². The molecule has 1 aliphatic carbocycles. The lowest BCUT2D eigenvalue weighted by atomic mass is 9.77. The molecule has 0 atom stereocenters. The molecule has 5 heteroatoms. The van der Waals surface area contributed by atoms with Gasteiger partial charge in [0.2, 0.25) is 0 Å². The Morgan fingerprint density at radius 3 is 2.25 bits per heavy atom. The van der Waals surface area contributed by atoms with Crippen LogP contribution in [0.5, 0.6) is 0 Å². The van der Waals surface area contributed by atoms with Gasteiger partial charge in [0, 0.05) is 11.9 Å². The summed E-state index contributed by atoms with van der Waals surface area (Å²) in [5, 5.41) is 13.1. The second-order valence-electron chi connectivity index (χ2n) is 6.04. The predicted octanol–water partition coefficient (Wildman–Crippen LogP) is 2.44. The number of benzene rings is 1. The van der Waals surface area contributed by atoms with Crippen molar-refractivity contribution in [1.82, 2.24) is 0 Å². The van der Waals surface area contributed by atoms with Gasteiger partial charge >= 0.3 is 0 Å². The van der Waals surface area contributed by atoms with Crippen LogP contribution < -0.4 is 5.32 Å². The molecule has 2 rings (SSSR count). The summed E-state index contributed by atoms with van der Waals surface area (Å²) in [4.78, 5) is 0.318. The Morgan fingerprint density at radius 2 is 1.80 bits per heavy atom. The Kier molecular flexibility index (Phi) is 4.39. The van der Waals surface area contributed by atoms with Gasteiger partial charge in [-0.25, -0.2) is 8.42 Å². The van der Waals surface area contributed by atoms with Crippen molar-refractivity contribution in [2.75, 3.05) is 18.2 Å². The Labute approximate surface area is 121 Å². The fourth-order valence-electron chi connectivity index (χ4n) is 2.73. The summed E-state index contributed by atoms with van der Waals surface area (Å²) < 4.78 is 22.9.